The Balaban J connectivity index is 1.14. The number of nitrogens with one attached hydrogen (secondary N) is 3. The van der Waals surface area contributed by atoms with Crippen LogP contribution < -0.4 is 16.0 Å². The lowest BCUT2D eigenvalue weighted by Gasteiger charge is -2.22. The number of hydrogen-bond acceptors (Lipinski definition) is 7. The molecule has 0 aliphatic carbocycles. The first-order valence-corrected chi connectivity index (χ1v) is 14.4. The van der Waals surface area contributed by atoms with Crippen molar-refractivity contribution < 1.29 is 0 Å². The van der Waals surface area contributed by atoms with Gasteiger partial charge in [-0.2, -0.15) is 0 Å². The van der Waals surface area contributed by atoms with Crippen molar-refractivity contribution in [3.8, 4) is 0 Å². The van der Waals surface area contributed by atoms with Crippen LogP contribution in [0.15, 0.2) is 0 Å². The highest BCUT2D eigenvalue weighted by atomic mass is 15.3. The largest absolute Gasteiger partial charge is 0.317 e. The number of hydrogen-bond donors (Lipinski definition) is 3. The predicted molar refractivity (Wildman–Crippen MR) is 141 cm³/mol. The molecule has 33 heavy (non-hydrogen) atoms. The van der Waals surface area contributed by atoms with Gasteiger partial charge in [0, 0.05) is 39.3 Å². The van der Waals surface area contributed by atoms with Gasteiger partial charge < -0.3 is 35.6 Å². The summed E-state index contributed by atoms with van der Waals surface area (Å²) in [5.74, 6) is 0. The van der Waals surface area contributed by atoms with E-state index in [1.54, 1.807) is 0 Å². The van der Waals surface area contributed by atoms with E-state index in [1.807, 2.05) is 0 Å². The lowest BCUT2D eigenvalue weighted by Crippen LogP contribution is -2.31. The molecule has 0 atom stereocenters. The van der Waals surface area contributed by atoms with Crippen LogP contribution >= 0.6 is 0 Å². The van der Waals surface area contributed by atoms with Crippen LogP contribution in [0.1, 0.15) is 51.4 Å². The van der Waals surface area contributed by atoms with Gasteiger partial charge in [0.15, 0.2) is 0 Å². The van der Waals surface area contributed by atoms with Gasteiger partial charge in [0.1, 0.15) is 0 Å². The van der Waals surface area contributed by atoms with Crippen molar-refractivity contribution in [2.75, 3.05) is 118 Å². The van der Waals surface area contributed by atoms with Crippen LogP contribution in [-0.4, -0.2) is 137 Å². The Morgan fingerprint density at radius 3 is 1.12 bits per heavy atom. The molecular weight excluding hydrogens is 410 g/mol. The normalized spacial score (nSPS) is 18.5. The summed E-state index contributed by atoms with van der Waals surface area (Å²) < 4.78 is 0. The second-order valence-electron chi connectivity index (χ2n) is 10.4. The Labute approximate surface area is 205 Å². The van der Waals surface area contributed by atoms with E-state index in [1.165, 1.54) is 169 Å². The summed E-state index contributed by atoms with van der Waals surface area (Å²) in [5, 5.41) is 10.9. The Morgan fingerprint density at radius 1 is 0.394 bits per heavy atom. The molecule has 3 heterocycles. The Hall–Kier alpha value is -0.280. The lowest BCUT2D eigenvalue weighted by molar-refractivity contribution is 0.257. The fraction of sp³-hybridized carbons (Fsp3) is 1.00. The highest BCUT2D eigenvalue weighted by Gasteiger charge is 2.16. The van der Waals surface area contributed by atoms with Crippen molar-refractivity contribution in [3.05, 3.63) is 0 Å². The first kappa shape index (κ1) is 27.3. The van der Waals surface area contributed by atoms with E-state index in [-0.39, 0.29) is 0 Å². The second-order valence-corrected chi connectivity index (χ2v) is 10.4. The second kappa shape index (κ2) is 18.1. The van der Waals surface area contributed by atoms with Crippen molar-refractivity contribution in [3.63, 3.8) is 0 Å². The van der Waals surface area contributed by atoms with Gasteiger partial charge in [0.2, 0.25) is 0 Å². The van der Waals surface area contributed by atoms with Crippen LogP contribution in [0.3, 0.4) is 0 Å². The average Bonchev–Trinajstić information content (AvgIpc) is 3.67. The average molecular weight is 466 g/mol. The van der Waals surface area contributed by atoms with E-state index >= 15 is 0 Å². The standard InChI is InChI=1S/C26H55N7/c1(9-27-11-6-18-31-21-22-31)3-15-30(17-5-13-29-14-8-20-33-25-26-33)16-4-2-10-28-12-7-19-32-23-24-32/h27-29H,1-26H2. The molecule has 7 nitrogen and oxygen atoms in total. The maximum Gasteiger partial charge on any atom is 0.0110 e. The van der Waals surface area contributed by atoms with Gasteiger partial charge in [-0.25, -0.2) is 0 Å². The van der Waals surface area contributed by atoms with Crippen LogP contribution in [0.5, 0.6) is 0 Å². The highest BCUT2D eigenvalue weighted by Crippen LogP contribution is 2.05. The zero-order valence-corrected chi connectivity index (χ0v) is 21.7. The molecular formula is C26H55N7. The molecule has 0 aromatic heterocycles. The smallest absolute Gasteiger partial charge is 0.0110 e. The van der Waals surface area contributed by atoms with E-state index in [2.05, 4.69) is 35.6 Å². The first-order valence-electron chi connectivity index (χ1n) is 14.4. The van der Waals surface area contributed by atoms with Gasteiger partial charge in [0.25, 0.3) is 0 Å². The molecule has 0 bridgehead atoms. The summed E-state index contributed by atoms with van der Waals surface area (Å²) >= 11 is 0. The number of rotatable bonds is 26. The van der Waals surface area contributed by atoms with Crippen LogP contribution in [0.4, 0.5) is 0 Å². The Kier molecular flexibility index (Phi) is 14.9. The lowest BCUT2D eigenvalue weighted by atomic mass is 10.2. The van der Waals surface area contributed by atoms with Gasteiger partial charge in [-0.05, 0) is 130 Å². The summed E-state index contributed by atoms with van der Waals surface area (Å²) in [6, 6.07) is 0. The molecule has 3 rings (SSSR count). The van der Waals surface area contributed by atoms with Crippen molar-refractivity contribution in [1.82, 2.24) is 35.6 Å². The van der Waals surface area contributed by atoms with Crippen LogP contribution in [0.25, 0.3) is 0 Å². The molecule has 0 amide bonds. The van der Waals surface area contributed by atoms with Crippen molar-refractivity contribution in [2.24, 2.45) is 0 Å². The maximum absolute atomic E-state index is 3.66. The fourth-order valence-electron chi connectivity index (χ4n) is 4.47. The minimum atomic E-state index is 1.17. The topological polar surface area (TPSA) is 48.4 Å². The summed E-state index contributed by atoms with van der Waals surface area (Å²) in [5.41, 5.74) is 0. The zero-order valence-electron chi connectivity index (χ0n) is 21.7. The molecule has 194 valence electrons. The number of nitrogens with zero attached hydrogens (tertiary/aromatic N) is 4. The van der Waals surface area contributed by atoms with E-state index < -0.39 is 0 Å². The monoisotopic (exact) mass is 465 g/mol. The minimum Gasteiger partial charge on any atom is -0.317 e. The van der Waals surface area contributed by atoms with E-state index in [0.717, 1.165) is 0 Å². The molecule has 3 N–H and O–H groups in total. The molecule has 7 heteroatoms. The van der Waals surface area contributed by atoms with Crippen molar-refractivity contribution >= 4 is 0 Å². The molecule has 0 aromatic carbocycles. The summed E-state index contributed by atoms with van der Waals surface area (Å²) in [7, 11) is 0. The number of unbranched alkanes of at least 4 members (excludes halogenated alkanes) is 2. The highest BCUT2D eigenvalue weighted by molar-refractivity contribution is 4.73. The van der Waals surface area contributed by atoms with Gasteiger partial charge in [-0.1, -0.05) is 0 Å². The summed E-state index contributed by atoms with van der Waals surface area (Å²) in [6.45, 7) is 22.8. The predicted octanol–water partition coefficient (Wildman–Crippen LogP) is 1.12. The molecule has 3 aliphatic rings. The van der Waals surface area contributed by atoms with Crippen molar-refractivity contribution in [2.45, 2.75) is 51.4 Å². The Bertz CT molecular complexity index is 424. The summed E-state index contributed by atoms with van der Waals surface area (Å²) in [4.78, 5) is 10.3. The van der Waals surface area contributed by atoms with Crippen molar-refractivity contribution in [1.29, 1.82) is 0 Å². The zero-order chi connectivity index (χ0) is 22.8. The van der Waals surface area contributed by atoms with E-state index in [0.29, 0.717) is 0 Å². The molecule has 0 spiro atoms. The van der Waals surface area contributed by atoms with Gasteiger partial charge in [-0.15, -0.1) is 0 Å². The third-order valence-corrected chi connectivity index (χ3v) is 7.09. The molecule has 3 saturated heterocycles. The third-order valence-electron chi connectivity index (χ3n) is 7.09. The molecule has 3 fully saturated rings. The molecule has 3 aliphatic heterocycles. The third kappa shape index (κ3) is 16.9. The van der Waals surface area contributed by atoms with Crippen LogP contribution in [-0.2, 0) is 0 Å². The van der Waals surface area contributed by atoms with E-state index in [9.17, 15) is 0 Å². The molecule has 0 radical (unpaired) electrons. The van der Waals surface area contributed by atoms with Crippen LogP contribution in [0, 0.1) is 0 Å². The minimum absolute atomic E-state index is 1.17. The van der Waals surface area contributed by atoms with Gasteiger partial charge >= 0.3 is 0 Å². The quantitative estimate of drug-likeness (QED) is 0.131. The summed E-state index contributed by atoms with van der Waals surface area (Å²) in [6.07, 6.45) is 10.5. The SMILES string of the molecule is C(CCN(CCCCNCCCN1CC1)CCCNCCCN1CC1)CNCCCN1CC1. The fourth-order valence-corrected chi connectivity index (χ4v) is 4.47. The van der Waals surface area contributed by atoms with E-state index in [4.69, 9.17) is 0 Å². The molecule has 0 saturated carbocycles. The van der Waals surface area contributed by atoms with Crippen LogP contribution in [0.2, 0.25) is 0 Å². The molecule has 0 unspecified atom stereocenters. The first-order chi connectivity index (χ1) is 16.4. The Morgan fingerprint density at radius 2 is 0.727 bits per heavy atom. The maximum atomic E-state index is 3.66. The molecule has 0 aromatic rings. The van der Waals surface area contributed by atoms with Gasteiger partial charge in [0.05, 0.1) is 0 Å². The van der Waals surface area contributed by atoms with Gasteiger partial charge in [-0.3, -0.25) is 0 Å².